The Bertz CT molecular complexity index is 142. The molecule has 0 unspecified atom stereocenters. The second kappa shape index (κ2) is 2.49. The van der Waals surface area contributed by atoms with E-state index < -0.39 is 0 Å². The van der Waals surface area contributed by atoms with E-state index in [1.54, 1.807) is 0 Å². The van der Waals surface area contributed by atoms with Crippen molar-refractivity contribution < 1.29 is 0 Å². The first kappa shape index (κ1) is 6.09. The van der Waals surface area contributed by atoms with Crippen molar-refractivity contribution in [1.82, 2.24) is 0 Å². The van der Waals surface area contributed by atoms with E-state index in [9.17, 15) is 0 Å². The molecule has 0 aromatic carbocycles. The molecule has 0 saturated carbocycles. The van der Waals surface area contributed by atoms with Crippen LogP contribution in [0.5, 0.6) is 0 Å². The van der Waals surface area contributed by atoms with Gasteiger partial charge in [-0.1, -0.05) is 0 Å². The SMILES string of the molecule is Brc1ccc(Br)[se]1. The molecule has 1 heterocycles. The third kappa shape index (κ3) is 1.73. The van der Waals surface area contributed by atoms with Crippen molar-refractivity contribution in [3.8, 4) is 0 Å². The molecule has 0 N–H and O–H groups in total. The van der Waals surface area contributed by atoms with Crippen molar-refractivity contribution in [3.63, 3.8) is 0 Å². The Labute approximate surface area is 64.9 Å². The second-order valence-electron chi connectivity index (χ2n) is 1.04. The van der Waals surface area contributed by atoms with Gasteiger partial charge in [0.05, 0.1) is 0 Å². The van der Waals surface area contributed by atoms with Gasteiger partial charge in [-0.3, -0.25) is 0 Å². The molecule has 3 heteroatoms. The zero-order chi connectivity index (χ0) is 5.28. The monoisotopic (exact) mass is 288 g/mol. The summed E-state index contributed by atoms with van der Waals surface area (Å²) in [7, 11) is 0. The van der Waals surface area contributed by atoms with Gasteiger partial charge in [0.1, 0.15) is 0 Å². The Kier molecular flexibility index (Phi) is 2.17. The first-order chi connectivity index (χ1) is 3.29. The molecule has 0 saturated heterocycles. The molecule has 0 bridgehead atoms. The fourth-order valence-electron chi connectivity index (χ4n) is 0.292. The standard InChI is InChI=1S/C4H2Br2Se/c5-3-1-2-4(6)7-3/h1-2H. The van der Waals surface area contributed by atoms with Crippen LogP contribution >= 0.6 is 31.9 Å². The van der Waals surface area contributed by atoms with Gasteiger partial charge >= 0.3 is 65.2 Å². The summed E-state index contributed by atoms with van der Waals surface area (Å²) in [6, 6.07) is 4.15. The Morgan fingerprint density at radius 1 is 1.14 bits per heavy atom. The average molecular weight is 289 g/mol. The molecule has 0 atom stereocenters. The van der Waals surface area contributed by atoms with Crippen LogP contribution in [-0.2, 0) is 0 Å². The summed E-state index contributed by atoms with van der Waals surface area (Å²) in [4.78, 5) is 0. The van der Waals surface area contributed by atoms with Crippen molar-refractivity contribution in [1.29, 1.82) is 0 Å². The van der Waals surface area contributed by atoms with E-state index in [0.717, 1.165) is 0 Å². The zero-order valence-electron chi connectivity index (χ0n) is 3.32. The van der Waals surface area contributed by atoms with Crippen LogP contribution in [0.3, 0.4) is 0 Å². The third-order valence-electron chi connectivity index (χ3n) is 0.540. The third-order valence-corrected chi connectivity index (χ3v) is 4.14. The van der Waals surface area contributed by atoms with Gasteiger partial charge in [0.25, 0.3) is 0 Å². The number of hydrogen-bond acceptors (Lipinski definition) is 0. The van der Waals surface area contributed by atoms with Gasteiger partial charge in [-0.15, -0.1) is 0 Å². The topological polar surface area (TPSA) is 0 Å². The Morgan fingerprint density at radius 3 is 1.71 bits per heavy atom. The van der Waals surface area contributed by atoms with Gasteiger partial charge in [-0.2, -0.15) is 0 Å². The molecule has 7 heavy (non-hydrogen) atoms. The normalized spacial score (nSPS) is 9.43. The fraction of sp³-hybridized carbons (Fsp3) is 0. The Hall–Kier alpha value is 0.959. The van der Waals surface area contributed by atoms with E-state index in [2.05, 4.69) is 44.0 Å². The predicted octanol–water partition coefficient (Wildman–Crippen LogP) is 2.27. The summed E-state index contributed by atoms with van der Waals surface area (Å²) in [6.45, 7) is 0. The molecule has 0 nitrogen and oxygen atoms in total. The molecule has 0 fully saturated rings. The molecular formula is C4H2Br2Se. The van der Waals surface area contributed by atoms with Crippen molar-refractivity contribution in [2.24, 2.45) is 0 Å². The van der Waals surface area contributed by atoms with Crippen LogP contribution in [0.25, 0.3) is 0 Å². The molecule has 0 amide bonds. The van der Waals surface area contributed by atoms with Gasteiger partial charge in [0, 0.05) is 0 Å². The van der Waals surface area contributed by atoms with Crippen molar-refractivity contribution in [3.05, 3.63) is 18.8 Å². The molecule has 0 spiro atoms. The fourth-order valence-corrected chi connectivity index (χ4v) is 4.46. The van der Waals surface area contributed by atoms with Crippen LogP contribution in [0.1, 0.15) is 0 Å². The number of halogens is 2. The summed E-state index contributed by atoms with van der Waals surface area (Å²) in [6.07, 6.45) is 0. The first-order valence-corrected chi connectivity index (χ1v) is 5.00. The quantitative estimate of drug-likeness (QED) is 0.643. The first-order valence-electron chi connectivity index (χ1n) is 1.70. The summed E-state index contributed by atoms with van der Waals surface area (Å²) in [5.74, 6) is 0. The van der Waals surface area contributed by atoms with Gasteiger partial charge in [0.15, 0.2) is 0 Å². The summed E-state index contributed by atoms with van der Waals surface area (Å²) in [5.41, 5.74) is 0. The number of rotatable bonds is 0. The minimum absolute atomic E-state index is 0.542. The van der Waals surface area contributed by atoms with E-state index >= 15 is 0 Å². The Balaban J connectivity index is 3.04. The van der Waals surface area contributed by atoms with Gasteiger partial charge in [0.2, 0.25) is 0 Å². The molecule has 1 rings (SSSR count). The van der Waals surface area contributed by atoms with E-state index in [1.165, 1.54) is 6.69 Å². The van der Waals surface area contributed by atoms with Crippen LogP contribution < -0.4 is 0 Å². The molecule has 1 aromatic heterocycles. The van der Waals surface area contributed by atoms with Crippen LogP contribution in [0, 0.1) is 0 Å². The molecule has 0 aliphatic carbocycles. The second-order valence-corrected chi connectivity index (χ2v) is 7.39. The maximum absolute atomic E-state index is 3.39. The van der Waals surface area contributed by atoms with Crippen LogP contribution in [0.2, 0.25) is 0 Å². The Morgan fingerprint density at radius 2 is 1.57 bits per heavy atom. The van der Waals surface area contributed by atoms with Crippen molar-refractivity contribution in [2.45, 2.75) is 0 Å². The van der Waals surface area contributed by atoms with E-state index in [1.807, 2.05) is 0 Å². The maximum atomic E-state index is 3.39. The molecule has 38 valence electrons. The molecule has 0 aliphatic heterocycles. The predicted molar refractivity (Wildman–Crippen MR) is 38.8 cm³/mol. The summed E-state index contributed by atoms with van der Waals surface area (Å²) in [5, 5.41) is 0. The molecule has 0 aliphatic rings. The van der Waals surface area contributed by atoms with Gasteiger partial charge < -0.3 is 0 Å². The van der Waals surface area contributed by atoms with Crippen LogP contribution in [-0.4, -0.2) is 14.5 Å². The summed E-state index contributed by atoms with van der Waals surface area (Å²) < 4.78 is 2.62. The summed E-state index contributed by atoms with van der Waals surface area (Å²) >= 11 is 7.31. The van der Waals surface area contributed by atoms with E-state index in [0.29, 0.717) is 14.5 Å². The zero-order valence-corrected chi connectivity index (χ0v) is 8.20. The van der Waals surface area contributed by atoms with Crippen molar-refractivity contribution in [2.75, 3.05) is 0 Å². The average Bonchev–Trinajstić information content (AvgIpc) is 1.87. The molecule has 0 radical (unpaired) electrons. The van der Waals surface area contributed by atoms with Crippen LogP contribution in [0.4, 0.5) is 0 Å². The van der Waals surface area contributed by atoms with Gasteiger partial charge in [-0.25, -0.2) is 0 Å². The molecule has 1 aromatic rings. The van der Waals surface area contributed by atoms with E-state index in [-0.39, 0.29) is 0 Å². The van der Waals surface area contributed by atoms with Crippen LogP contribution in [0.15, 0.2) is 18.8 Å². The number of hydrogen-bond donors (Lipinski definition) is 0. The van der Waals surface area contributed by atoms with Crippen molar-refractivity contribution >= 4 is 46.4 Å². The van der Waals surface area contributed by atoms with E-state index in [4.69, 9.17) is 0 Å². The minimum atomic E-state index is 0.542. The molecular weight excluding hydrogens is 287 g/mol. The van der Waals surface area contributed by atoms with Gasteiger partial charge in [-0.05, 0) is 0 Å².